The number of hydrogen-bond donors (Lipinski definition) is 3. The second-order valence-electron chi connectivity index (χ2n) is 8.07. The van der Waals surface area contributed by atoms with Crippen molar-refractivity contribution in [2.24, 2.45) is 0 Å². The predicted octanol–water partition coefficient (Wildman–Crippen LogP) is 2.29. The Kier molecular flexibility index (Phi) is 9.45. The van der Waals surface area contributed by atoms with Gasteiger partial charge in [0.05, 0.1) is 37.1 Å². The predicted molar refractivity (Wildman–Crippen MR) is 129 cm³/mol. The summed E-state index contributed by atoms with van der Waals surface area (Å²) in [6.07, 6.45) is 0.183. The van der Waals surface area contributed by atoms with Gasteiger partial charge in [-0.1, -0.05) is 12.1 Å². The number of esters is 1. The van der Waals surface area contributed by atoms with E-state index >= 15 is 0 Å². The molecule has 35 heavy (non-hydrogen) atoms. The lowest BCUT2D eigenvalue weighted by Gasteiger charge is -2.27. The summed E-state index contributed by atoms with van der Waals surface area (Å²) in [5.74, 6) is -0.314. The van der Waals surface area contributed by atoms with Gasteiger partial charge < -0.3 is 34.9 Å². The molecule has 2 aromatic rings. The van der Waals surface area contributed by atoms with Crippen LogP contribution in [0.5, 0.6) is 5.75 Å². The Morgan fingerprint density at radius 3 is 2.51 bits per heavy atom. The number of carbonyl (C=O) groups is 3. The van der Waals surface area contributed by atoms with Gasteiger partial charge in [0.25, 0.3) is 5.91 Å². The zero-order valence-corrected chi connectivity index (χ0v) is 19.9. The number of rotatable bonds is 8. The van der Waals surface area contributed by atoms with E-state index in [-0.39, 0.29) is 18.0 Å². The lowest BCUT2D eigenvalue weighted by Crippen LogP contribution is -2.50. The first kappa shape index (κ1) is 26.0. The first-order valence-electron chi connectivity index (χ1n) is 11.4. The SMILES string of the molecule is COCCOc1ccc(C(=O)NC2CN(C(=O)Nc3ccccc3C(=O)OC)CCCC2O)cc1. The molecule has 1 aliphatic rings. The lowest BCUT2D eigenvalue weighted by molar-refractivity contribution is 0.0601. The summed E-state index contributed by atoms with van der Waals surface area (Å²) in [6.45, 7) is 1.36. The van der Waals surface area contributed by atoms with E-state index in [0.29, 0.717) is 49.6 Å². The van der Waals surface area contributed by atoms with E-state index in [2.05, 4.69) is 10.6 Å². The molecule has 3 rings (SSSR count). The minimum Gasteiger partial charge on any atom is -0.491 e. The molecule has 188 valence electrons. The van der Waals surface area contributed by atoms with Gasteiger partial charge in [-0.25, -0.2) is 9.59 Å². The van der Waals surface area contributed by atoms with E-state index < -0.39 is 24.1 Å². The number of benzene rings is 2. The first-order valence-corrected chi connectivity index (χ1v) is 11.4. The molecule has 10 heteroatoms. The average Bonchev–Trinajstić information content (AvgIpc) is 3.05. The third-order valence-electron chi connectivity index (χ3n) is 5.66. The van der Waals surface area contributed by atoms with Crippen LogP contribution in [0.4, 0.5) is 10.5 Å². The fraction of sp³-hybridized carbons (Fsp3) is 0.400. The van der Waals surface area contributed by atoms with E-state index in [1.165, 1.54) is 12.0 Å². The third-order valence-corrected chi connectivity index (χ3v) is 5.66. The van der Waals surface area contributed by atoms with Gasteiger partial charge >= 0.3 is 12.0 Å². The second kappa shape index (κ2) is 12.7. The van der Waals surface area contributed by atoms with E-state index in [1.807, 2.05) is 0 Å². The molecule has 0 aliphatic carbocycles. The number of para-hydroxylation sites is 1. The number of aliphatic hydroxyl groups is 1. The highest BCUT2D eigenvalue weighted by Crippen LogP contribution is 2.19. The molecule has 1 fully saturated rings. The number of amides is 3. The first-order chi connectivity index (χ1) is 16.9. The van der Waals surface area contributed by atoms with Crippen LogP contribution < -0.4 is 15.4 Å². The molecule has 10 nitrogen and oxygen atoms in total. The molecule has 2 atom stereocenters. The number of anilines is 1. The molecule has 2 unspecified atom stereocenters. The highest BCUT2D eigenvalue weighted by molar-refractivity contribution is 6.00. The number of nitrogens with one attached hydrogen (secondary N) is 2. The lowest BCUT2D eigenvalue weighted by atomic mass is 10.1. The molecule has 0 bridgehead atoms. The van der Waals surface area contributed by atoms with Gasteiger partial charge in [-0.3, -0.25) is 4.79 Å². The Hall–Kier alpha value is -3.63. The Morgan fingerprint density at radius 2 is 1.80 bits per heavy atom. The monoisotopic (exact) mass is 485 g/mol. The Morgan fingerprint density at radius 1 is 1.06 bits per heavy atom. The maximum Gasteiger partial charge on any atom is 0.339 e. The van der Waals surface area contributed by atoms with Crippen molar-refractivity contribution in [1.82, 2.24) is 10.2 Å². The van der Waals surface area contributed by atoms with Gasteiger partial charge in [-0.05, 0) is 49.2 Å². The largest absolute Gasteiger partial charge is 0.491 e. The smallest absolute Gasteiger partial charge is 0.339 e. The van der Waals surface area contributed by atoms with Gasteiger partial charge in [0, 0.05) is 25.8 Å². The zero-order chi connectivity index (χ0) is 25.2. The summed E-state index contributed by atoms with van der Waals surface area (Å²) in [7, 11) is 2.86. The zero-order valence-electron chi connectivity index (χ0n) is 19.9. The summed E-state index contributed by atoms with van der Waals surface area (Å²) >= 11 is 0. The van der Waals surface area contributed by atoms with Gasteiger partial charge in [0.1, 0.15) is 12.4 Å². The molecule has 3 N–H and O–H groups in total. The number of urea groups is 1. The van der Waals surface area contributed by atoms with Crippen LogP contribution in [-0.2, 0) is 9.47 Å². The normalized spacial score (nSPS) is 17.7. The van der Waals surface area contributed by atoms with Crippen molar-refractivity contribution in [2.45, 2.75) is 25.0 Å². The molecular formula is C25H31N3O7. The molecule has 0 radical (unpaired) electrons. The van der Waals surface area contributed by atoms with Crippen molar-refractivity contribution in [3.8, 4) is 5.75 Å². The van der Waals surface area contributed by atoms with Gasteiger partial charge in [0.2, 0.25) is 0 Å². The Balaban J connectivity index is 1.64. The number of carbonyl (C=O) groups excluding carboxylic acids is 3. The summed E-state index contributed by atoms with van der Waals surface area (Å²) in [5.41, 5.74) is 0.962. The summed E-state index contributed by atoms with van der Waals surface area (Å²) in [6, 6.07) is 12.1. The molecule has 2 aromatic carbocycles. The van der Waals surface area contributed by atoms with Crippen LogP contribution in [0.3, 0.4) is 0 Å². The molecule has 1 heterocycles. The van der Waals surface area contributed by atoms with Crippen LogP contribution in [0, 0.1) is 0 Å². The van der Waals surface area contributed by atoms with Crippen molar-refractivity contribution < 1.29 is 33.7 Å². The maximum atomic E-state index is 13.0. The molecule has 1 aliphatic heterocycles. The van der Waals surface area contributed by atoms with Crippen LogP contribution in [0.25, 0.3) is 0 Å². The molecule has 1 saturated heterocycles. The number of hydrogen-bond acceptors (Lipinski definition) is 7. The van der Waals surface area contributed by atoms with Gasteiger partial charge in [-0.15, -0.1) is 0 Å². The van der Waals surface area contributed by atoms with E-state index in [0.717, 1.165) is 0 Å². The molecule has 3 amide bonds. The minimum atomic E-state index is -0.809. The highest BCUT2D eigenvalue weighted by Gasteiger charge is 2.30. The van der Waals surface area contributed by atoms with Crippen molar-refractivity contribution in [1.29, 1.82) is 0 Å². The molecule has 0 saturated carbocycles. The van der Waals surface area contributed by atoms with Crippen molar-refractivity contribution in [2.75, 3.05) is 45.8 Å². The topological polar surface area (TPSA) is 126 Å². The van der Waals surface area contributed by atoms with Crippen LogP contribution >= 0.6 is 0 Å². The number of methoxy groups -OCH3 is 2. The number of aliphatic hydroxyl groups excluding tert-OH is 1. The van der Waals surface area contributed by atoms with Gasteiger partial charge in [0.15, 0.2) is 0 Å². The van der Waals surface area contributed by atoms with Crippen LogP contribution in [-0.4, -0.2) is 80.6 Å². The Bertz CT molecular complexity index is 1010. The second-order valence-corrected chi connectivity index (χ2v) is 8.07. The van der Waals surface area contributed by atoms with E-state index in [4.69, 9.17) is 14.2 Å². The fourth-order valence-electron chi connectivity index (χ4n) is 3.74. The summed E-state index contributed by atoms with van der Waals surface area (Å²) in [5, 5.41) is 16.2. The van der Waals surface area contributed by atoms with Crippen LogP contribution in [0.1, 0.15) is 33.6 Å². The van der Waals surface area contributed by atoms with Crippen LogP contribution in [0.15, 0.2) is 48.5 Å². The molecular weight excluding hydrogens is 454 g/mol. The number of ether oxygens (including phenoxy) is 3. The standard InChI is InChI=1S/C25H31N3O7/c1-33-14-15-35-18-11-9-17(10-12-18)23(30)26-21-16-28(13-5-8-22(21)29)25(32)27-20-7-4-3-6-19(20)24(31)34-2/h3-4,6-7,9-12,21-22,29H,5,8,13-16H2,1-2H3,(H,26,30)(H,27,32). The Labute approximate surface area is 204 Å². The summed E-state index contributed by atoms with van der Waals surface area (Å²) in [4.78, 5) is 39.3. The van der Waals surface area contributed by atoms with E-state index in [1.54, 1.807) is 55.6 Å². The number of nitrogens with zero attached hydrogens (tertiary/aromatic N) is 1. The molecule has 0 spiro atoms. The van der Waals surface area contributed by atoms with Crippen molar-refractivity contribution >= 4 is 23.6 Å². The average molecular weight is 486 g/mol. The third kappa shape index (κ3) is 7.17. The van der Waals surface area contributed by atoms with Crippen molar-refractivity contribution in [3.63, 3.8) is 0 Å². The highest BCUT2D eigenvalue weighted by atomic mass is 16.5. The van der Waals surface area contributed by atoms with Crippen LogP contribution in [0.2, 0.25) is 0 Å². The molecule has 0 aromatic heterocycles. The van der Waals surface area contributed by atoms with E-state index in [9.17, 15) is 19.5 Å². The van der Waals surface area contributed by atoms with Gasteiger partial charge in [-0.2, -0.15) is 0 Å². The quantitative estimate of drug-likeness (QED) is 0.387. The number of likely N-dealkylation sites (tertiary alicyclic amines) is 1. The minimum absolute atomic E-state index is 0.108. The fourth-order valence-corrected chi connectivity index (χ4v) is 3.74. The summed E-state index contributed by atoms with van der Waals surface area (Å²) < 4.78 is 15.2. The van der Waals surface area contributed by atoms with Crippen molar-refractivity contribution in [3.05, 3.63) is 59.7 Å². The maximum absolute atomic E-state index is 13.0.